The molecule has 2 aromatic rings. The van der Waals surface area contributed by atoms with Crippen molar-refractivity contribution in [2.45, 2.75) is 39.2 Å². The first-order valence-electron chi connectivity index (χ1n) is 11.1. The van der Waals surface area contributed by atoms with Gasteiger partial charge in [0.1, 0.15) is 11.5 Å². The molecular weight excluding hydrogens is 406 g/mol. The van der Waals surface area contributed by atoms with Crippen LogP contribution >= 0.6 is 0 Å². The molecule has 1 atom stereocenters. The molecule has 6 heteroatoms. The van der Waals surface area contributed by atoms with E-state index in [2.05, 4.69) is 6.92 Å². The van der Waals surface area contributed by atoms with Crippen LogP contribution in [0.4, 0.5) is 0 Å². The molecule has 0 radical (unpaired) electrons. The third-order valence-electron chi connectivity index (χ3n) is 5.57. The smallest absolute Gasteiger partial charge is 0.295 e. The van der Waals surface area contributed by atoms with Gasteiger partial charge in [-0.05, 0) is 42.5 Å². The molecule has 2 aromatic carbocycles. The number of likely N-dealkylation sites (tertiary alicyclic amines) is 1. The van der Waals surface area contributed by atoms with Crippen LogP contribution in [0.1, 0.15) is 49.4 Å². The molecular formula is C26H31NO5. The molecule has 1 fully saturated rings. The van der Waals surface area contributed by atoms with E-state index in [1.165, 1.54) is 4.90 Å². The third kappa shape index (κ3) is 5.02. The van der Waals surface area contributed by atoms with Crippen molar-refractivity contribution in [1.29, 1.82) is 0 Å². The zero-order valence-electron chi connectivity index (χ0n) is 19.0. The minimum Gasteiger partial charge on any atom is -0.507 e. The summed E-state index contributed by atoms with van der Waals surface area (Å²) in [5.74, 6) is -0.867. The van der Waals surface area contributed by atoms with E-state index >= 15 is 0 Å². The SMILES string of the molecule is CCCOc1cccc(/C(O)=C2/C(=O)C(=O)N(CCCOC)C2c2ccc(CC)cc2)c1. The minimum atomic E-state index is -0.677. The summed E-state index contributed by atoms with van der Waals surface area (Å²) in [7, 11) is 1.60. The standard InChI is InChI=1S/C26H31NO5/c1-4-15-32-21-9-6-8-20(17-21)24(28)22-23(19-12-10-18(5-2)11-13-19)27(14-7-16-31-3)26(30)25(22)29/h6,8-13,17,23,28H,4-5,7,14-16H2,1-3H3/b24-22-. The number of Topliss-reactive ketones (excluding diaryl/α,β-unsaturated/α-hetero) is 1. The van der Waals surface area contributed by atoms with Gasteiger partial charge in [0.05, 0.1) is 18.2 Å². The Morgan fingerprint density at radius 1 is 1.06 bits per heavy atom. The lowest BCUT2D eigenvalue weighted by Gasteiger charge is -2.25. The fourth-order valence-corrected chi connectivity index (χ4v) is 3.88. The Bertz CT molecular complexity index is 980. The molecule has 0 aromatic heterocycles. The lowest BCUT2D eigenvalue weighted by Crippen LogP contribution is -2.31. The van der Waals surface area contributed by atoms with Crippen molar-refractivity contribution in [3.8, 4) is 5.75 Å². The van der Waals surface area contributed by atoms with E-state index in [0.29, 0.717) is 37.5 Å². The molecule has 0 spiro atoms. The molecule has 3 rings (SSSR count). The van der Waals surface area contributed by atoms with Crippen LogP contribution < -0.4 is 4.74 Å². The molecule has 0 bridgehead atoms. The molecule has 0 saturated carbocycles. The number of aryl methyl sites for hydroxylation is 1. The second-order valence-corrected chi connectivity index (χ2v) is 7.81. The van der Waals surface area contributed by atoms with Gasteiger partial charge in [-0.1, -0.05) is 50.2 Å². The quantitative estimate of drug-likeness (QED) is 0.256. The maximum absolute atomic E-state index is 13.1. The van der Waals surface area contributed by atoms with Crippen LogP contribution in [0.5, 0.6) is 5.75 Å². The second-order valence-electron chi connectivity index (χ2n) is 7.81. The average molecular weight is 438 g/mol. The number of hydrogen-bond acceptors (Lipinski definition) is 5. The summed E-state index contributed by atoms with van der Waals surface area (Å²) >= 11 is 0. The summed E-state index contributed by atoms with van der Waals surface area (Å²) in [6, 6.07) is 14.1. The summed E-state index contributed by atoms with van der Waals surface area (Å²) in [5, 5.41) is 11.2. The molecule has 1 unspecified atom stereocenters. The van der Waals surface area contributed by atoms with E-state index in [4.69, 9.17) is 9.47 Å². The Kier molecular flexibility index (Phi) is 8.06. The van der Waals surface area contributed by atoms with Crippen LogP contribution in [0, 0.1) is 0 Å². The zero-order chi connectivity index (χ0) is 23.1. The molecule has 1 aliphatic heterocycles. The van der Waals surface area contributed by atoms with Crippen molar-refractivity contribution in [2.75, 3.05) is 26.9 Å². The lowest BCUT2D eigenvalue weighted by molar-refractivity contribution is -0.140. The number of ether oxygens (including phenoxy) is 2. The third-order valence-corrected chi connectivity index (χ3v) is 5.57. The van der Waals surface area contributed by atoms with Crippen LogP contribution in [0.2, 0.25) is 0 Å². The number of nitrogens with zero attached hydrogens (tertiary/aromatic N) is 1. The maximum atomic E-state index is 13.1. The number of carbonyl (C=O) groups excluding carboxylic acids is 2. The van der Waals surface area contributed by atoms with E-state index in [1.54, 1.807) is 31.4 Å². The fraction of sp³-hybridized carbons (Fsp3) is 0.385. The highest BCUT2D eigenvalue weighted by molar-refractivity contribution is 6.46. The van der Waals surface area contributed by atoms with Crippen molar-refractivity contribution < 1.29 is 24.2 Å². The average Bonchev–Trinajstić information content (AvgIpc) is 3.07. The van der Waals surface area contributed by atoms with E-state index < -0.39 is 17.7 Å². The first kappa shape index (κ1) is 23.5. The number of carbonyl (C=O) groups is 2. The first-order valence-corrected chi connectivity index (χ1v) is 11.1. The van der Waals surface area contributed by atoms with Crippen LogP contribution in [0.15, 0.2) is 54.1 Å². The predicted molar refractivity (Wildman–Crippen MR) is 124 cm³/mol. The van der Waals surface area contributed by atoms with Gasteiger partial charge >= 0.3 is 0 Å². The highest BCUT2D eigenvalue weighted by Crippen LogP contribution is 2.39. The van der Waals surface area contributed by atoms with Crippen molar-refractivity contribution in [3.05, 3.63) is 70.8 Å². The number of aliphatic hydroxyl groups excluding tert-OH is 1. The summed E-state index contributed by atoms with van der Waals surface area (Å²) < 4.78 is 10.8. The van der Waals surface area contributed by atoms with Gasteiger partial charge in [0, 0.05) is 25.8 Å². The molecule has 1 aliphatic rings. The largest absolute Gasteiger partial charge is 0.507 e. The fourth-order valence-electron chi connectivity index (χ4n) is 3.88. The molecule has 1 amide bonds. The normalized spacial score (nSPS) is 17.7. The summed E-state index contributed by atoms with van der Waals surface area (Å²) in [6.07, 6.45) is 2.34. The molecule has 1 heterocycles. The van der Waals surface area contributed by atoms with Crippen LogP contribution in [0.3, 0.4) is 0 Å². The predicted octanol–water partition coefficient (Wildman–Crippen LogP) is 4.50. The topological polar surface area (TPSA) is 76.1 Å². The van der Waals surface area contributed by atoms with E-state index in [0.717, 1.165) is 24.0 Å². The molecule has 6 nitrogen and oxygen atoms in total. The Morgan fingerprint density at radius 2 is 1.81 bits per heavy atom. The number of amides is 1. The van der Waals surface area contributed by atoms with Crippen LogP contribution in [-0.2, 0) is 20.7 Å². The summed E-state index contributed by atoms with van der Waals surface area (Å²) in [6.45, 7) is 5.46. The first-order chi connectivity index (χ1) is 15.5. The number of rotatable bonds is 10. The summed E-state index contributed by atoms with van der Waals surface area (Å²) in [4.78, 5) is 27.5. The number of ketones is 1. The molecule has 1 saturated heterocycles. The minimum absolute atomic E-state index is 0.101. The Morgan fingerprint density at radius 3 is 2.47 bits per heavy atom. The van der Waals surface area contributed by atoms with Gasteiger partial charge in [0.2, 0.25) is 0 Å². The van der Waals surface area contributed by atoms with E-state index in [1.807, 2.05) is 31.2 Å². The van der Waals surface area contributed by atoms with Gasteiger partial charge in [0.25, 0.3) is 11.7 Å². The van der Waals surface area contributed by atoms with Crippen molar-refractivity contribution >= 4 is 17.4 Å². The number of hydrogen-bond donors (Lipinski definition) is 1. The second kappa shape index (κ2) is 11.0. The van der Waals surface area contributed by atoms with Crippen LogP contribution in [-0.4, -0.2) is 48.6 Å². The van der Waals surface area contributed by atoms with Crippen molar-refractivity contribution in [3.63, 3.8) is 0 Å². The Balaban J connectivity index is 2.07. The number of aliphatic hydroxyl groups is 1. The van der Waals surface area contributed by atoms with E-state index in [9.17, 15) is 14.7 Å². The van der Waals surface area contributed by atoms with Gasteiger partial charge in [-0.15, -0.1) is 0 Å². The van der Waals surface area contributed by atoms with Gasteiger partial charge < -0.3 is 19.5 Å². The monoisotopic (exact) mass is 437 g/mol. The molecule has 1 N–H and O–H groups in total. The molecule has 170 valence electrons. The maximum Gasteiger partial charge on any atom is 0.295 e. The zero-order valence-corrected chi connectivity index (χ0v) is 19.0. The van der Waals surface area contributed by atoms with E-state index in [-0.39, 0.29) is 11.3 Å². The highest BCUT2D eigenvalue weighted by atomic mass is 16.5. The van der Waals surface area contributed by atoms with Gasteiger partial charge in [-0.3, -0.25) is 9.59 Å². The van der Waals surface area contributed by atoms with Gasteiger partial charge in [-0.25, -0.2) is 0 Å². The summed E-state index contributed by atoms with van der Waals surface area (Å²) in [5.41, 5.74) is 2.50. The van der Waals surface area contributed by atoms with Gasteiger partial charge in [-0.2, -0.15) is 0 Å². The van der Waals surface area contributed by atoms with Gasteiger partial charge in [0.15, 0.2) is 0 Å². The van der Waals surface area contributed by atoms with Crippen molar-refractivity contribution in [2.24, 2.45) is 0 Å². The Labute approximate surface area is 189 Å². The highest BCUT2D eigenvalue weighted by Gasteiger charge is 2.45. The lowest BCUT2D eigenvalue weighted by atomic mass is 9.94. The Hall–Kier alpha value is -3.12. The number of methoxy groups -OCH3 is 1. The molecule has 32 heavy (non-hydrogen) atoms. The van der Waals surface area contributed by atoms with Crippen molar-refractivity contribution in [1.82, 2.24) is 4.90 Å². The molecule has 0 aliphatic carbocycles. The number of benzene rings is 2. The van der Waals surface area contributed by atoms with Crippen LogP contribution in [0.25, 0.3) is 5.76 Å².